The molecule has 1 N–H and O–H groups in total. The molecule has 5 rings (SSSR count). The summed E-state index contributed by atoms with van der Waals surface area (Å²) in [7, 11) is 0. The first kappa shape index (κ1) is 23.8. The molecule has 1 unspecified atom stereocenters. The molecule has 2 fully saturated rings. The number of aromatic nitrogens is 1. The summed E-state index contributed by atoms with van der Waals surface area (Å²) in [5.41, 5.74) is 3.00. The Morgan fingerprint density at radius 2 is 2.03 bits per heavy atom. The average Bonchev–Trinajstić information content (AvgIpc) is 3.59. The van der Waals surface area contributed by atoms with Gasteiger partial charge in [-0.25, -0.2) is 4.79 Å². The molecule has 3 amide bonds. The number of anilines is 1. The molecule has 2 aliphatic rings. The molecule has 8 heteroatoms. The first-order valence-electron chi connectivity index (χ1n) is 12.3. The maximum absolute atomic E-state index is 13.7. The van der Waals surface area contributed by atoms with E-state index in [2.05, 4.69) is 10.3 Å². The second-order valence-corrected chi connectivity index (χ2v) is 9.10. The molecular weight excluding hydrogens is 456 g/mol. The first-order valence-corrected chi connectivity index (χ1v) is 12.3. The van der Waals surface area contributed by atoms with Crippen molar-refractivity contribution in [2.75, 3.05) is 37.8 Å². The van der Waals surface area contributed by atoms with Gasteiger partial charge in [0.1, 0.15) is 5.75 Å². The van der Waals surface area contributed by atoms with Crippen molar-refractivity contribution < 1.29 is 19.1 Å². The van der Waals surface area contributed by atoms with Gasteiger partial charge in [0.2, 0.25) is 0 Å². The highest BCUT2D eigenvalue weighted by Crippen LogP contribution is 2.23. The quantitative estimate of drug-likeness (QED) is 0.497. The van der Waals surface area contributed by atoms with Crippen molar-refractivity contribution in [3.05, 3.63) is 89.7 Å². The third-order valence-electron chi connectivity index (χ3n) is 6.41. The standard InChI is InChI=1S/C28H30N4O4/c33-27(23-6-4-8-25(16-23)32-13-12-30-28(32)34)31(18-24-7-1-2-11-29-24)17-21-5-3-9-26(15-21)36-20-22-10-14-35-19-22/h1-9,11,15-16,22H,10,12-14,17-20H2,(H,30,34). The summed E-state index contributed by atoms with van der Waals surface area (Å²) >= 11 is 0. The maximum Gasteiger partial charge on any atom is 0.321 e. The van der Waals surface area contributed by atoms with Gasteiger partial charge in [-0.05, 0) is 54.4 Å². The van der Waals surface area contributed by atoms with Gasteiger partial charge >= 0.3 is 6.03 Å². The van der Waals surface area contributed by atoms with Crippen molar-refractivity contribution in [3.63, 3.8) is 0 Å². The molecule has 3 heterocycles. The highest BCUT2D eigenvalue weighted by atomic mass is 16.5. The number of nitrogens with zero attached hydrogens (tertiary/aromatic N) is 3. The van der Waals surface area contributed by atoms with Crippen LogP contribution >= 0.6 is 0 Å². The Bertz CT molecular complexity index is 1200. The van der Waals surface area contributed by atoms with Gasteiger partial charge in [0, 0.05) is 49.6 Å². The molecule has 2 aromatic carbocycles. The van der Waals surface area contributed by atoms with Crippen molar-refractivity contribution >= 4 is 17.6 Å². The summed E-state index contributed by atoms with van der Waals surface area (Å²) in [6.45, 7) is 4.08. The zero-order valence-electron chi connectivity index (χ0n) is 20.1. The zero-order valence-corrected chi connectivity index (χ0v) is 20.1. The SMILES string of the molecule is O=C(c1cccc(N2CCNC2=O)c1)N(Cc1cccc(OCC2CCOC2)c1)Cc1ccccn1. The Morgan fingerprint density at radius 1 is 1.11 bits per heavy atom. The monoisotopic (exact) mass is 486 g/mol. The van der Waals surface area contributed by atoms with Crippen molar-refractivity contribution in [2.24, 2.45) is 5.92 Å². The van der Waals surface area contributed by atoms with Crippen LogP contribution in [0.1, 0.15) is 28.0 Å². The van der Waals surface area contributed by atoms with E-state index in [1.165, 1.54) is 0 Å². The number of rotatable bonds is 9. The highest BCUT2D eigenvalue weighted by Gasteiger charge is 2.24. The van der Waals surface area contributed by atoms with Crippen molar-refractivity contribution in [1.82, 2.24) is 15.2 Å². The van der Waals surface area contributed by atoms with Gasteiger partial charge < -0.3 is 19.7 Å². The molecular formula is C28H30N4O4. The Labute approximate surface area is 210 Å². The van der Waals surface area contributed by atoms with Crippen LogP contribution in [0, 0.1) is 5.92 Å². The second-order valence-electron chi connectivity index (χ2n) is 9.10. The van der Waals surface area contributed by atoms with Crippen LogP contribution in [0.4, 0.5) is 10.5 Å². The van der Waals surface area contributed by atoms with Crippen LogP contribution in [0.5, 0.6) is 5.75 Å². The number of urea groups is 1. The fraction of sp³-hybridized carbons (Fsp3) is 0.321. The third-order valence-corrected chi connectivity index (χ3v) is 6.41. The van der Waals surface area contributed by atoms with E-state index >= 15 is 0 Å². The summed E-state index contributed by atoms with van der Waals surface area (Å²) in [5, 5.41) is 2.80. The van der Waals surface area contributed by atoms with Gasteiger partial charge in [-0.15, -0.1) is 0 Å². The average molecular weight is 487 g/mol. The van der Waals surface area contributed by atoms with E-state index < -0.39 is 0 Å². The topological polar surface area (TPSA) is 84.0 Å². The minimum absolute atomic E-state index is 0.128. The molecule has 36 heavy (non-hydrogen) atoms. The molecule has 8 nitrogen and oxygen atoms in total. The lowest BCUT2D eigenvalue weighted by Gasteiger charge is -2.24. The first-order chi connectivity index (χ1) is 17.7. The Kier molecular flexibility index (Phi) is 7.42. The number of amides is 3. The molecule has 186 valence electrons. The molecule has 0 radical (unpaired) electrons. The molecule has 1 aromatic heterocycles. The van der Waals surface area contributed by atoms with Crippen LogP contribution in [0.25, 0.3) is 0 Å². The fourth-order valence-electron chi connectivity index (χ4n) is 4.48. The molecule has 1 atom stereocenters. The Hall–Kier alpha value is -3.91. The lowest BCUT2D eigenvalue weighted by atomic mass is 10.1. The van der Waals surface area contributed by atoms with E-state index in [1.54, 1.807) is 28.1 Å². The molecule has 3 aromatic rings. The summed E-state index contributed by atoms with van der Waals surface area (Å²) in [4.78, 5) is 33.7. The number of carbonyl (C=O) groups is 2. The minimum Gasteiger partial charge on any atom is -0.493 e. The number of nitrogens with one attached hydrogen (secondary N) is 1. The predicted molar refractivity (Wildman–Crippen MR) is 136 cm³/mol. The number of ether oxygens (including phenoxy) is 2. The van der Waals surface area contributed by atoms with Crippen LogP contribution in [-0.2, 0) is 17.8 Å². The molecule has 0 spiro atoms. The number of carbonyl (C=O) groups excluding carboxylic acids is 2. The number of benzene rings is 2. The molecule has 0 aliphatic carbocycles. The van der Waals surface area contributed by atoms with Gasteiger partial charge in [0.25, 0.3) is 5.91 Å². The number of hydrogen-bond acceptors (Lipinski definition) is 5. The zero-order chi connectivity index (χ0) is 24.7. The van der Waals surface area contributed by atoms with E-state index in [0.717, 1.165) is 36.6 Å². The summed E-state index contributed by atoms with van der Waals surface area (Å²) in [5.74, 6) is 1.07. The Morgan fingerprint density at radius 3 is 2.81 bits per heavy atom. The largest absolute Gasteiger partial charge is 0.493 e. The van der Waals surface area contributed by atoms with Gasteiger partial charge in [0.15, 0.2) is 0 Å². The van der Waals surface area contributed by atoms with E-state index in [-0.39, 0.29) is 11.9 Å². The molecule has 2 saturated heterocycles. The van der Waals surface area contributed by atoms with E-state index in [0.29, 0.717) is 50.0 Å². The van der Waals surface area contributed by atoms with Crippen LogP contribution in [-0.4, -0.2) is 54.7 Å². The molecule has 0 bridgehead atoms. The van der Waals surface area contributed by atoms with Crippen LogP contribution in [0.3, 0.4) is 0 Å². The van der Waals surface area contributed by atoms with Gasteiger partial charge in [0.05, 0.1) is 25.5 Å². The Balaban J connectivity index is 1.35. The third kappa shape index (κ3) is 5.83. The van der Waals surface area contributed by atoms with Gasteiger partial charge in [-0.3, -0.25) is 14.7 Å². The van der Waals surface area contributed by atoms with Crippen LogP contribution in [0.15, 0.2) is 72.9 Å². The highest BCUT2D eigenvalue weighted by molar-refractivity contribution is 5.98. The van der Waals surface area contributed by atoms with Gasteiger partial charge in [-0.1, -0.05) is 24.3 Å². The lowest BCUT2D eigenvalue weighted by molar-refractivity contribution is 0.0727. The lowest BCUT2D eigenvalue weighted by Crippen LogP contribution is -2.31. The number of hydrogen-bond donors (Lipinski definition) is 1. The van der Waals surface area contributed by atoms with Gasteiger partial charge in [-0.2, -0.15) is 0 Å². The summed E-state index contributed by atoms with van der Waals surface area (Å²) < 4.78 is 11.5. The maximum atomic E-state index is 13.7. The van der Waals surface area contributed by atoms with Crippen LogP contribution < -0.4 is 15.0 Å². The predicted octanol–water partition coefficient (Wildman–Crippen LogP) is 3.87. The summed E-state index contributed by atoms with van der Waals surface area (Å²) in [6.07, 6.45) is 2.75. The van der Waals surface area contributed by atoms with E-state index in [9.17, 15) is 9.59 Å². The van der Waals surface area contributed by atoms with E-state index in [4.69, 9.17) is 9.47 Å². The fourth-order valence-corrected chi connectivity index (χ4v) is 4.48. The normalized spacial score (nSPS) is 17.2. The second kappa shape index (κ2) is 11.2. The summed E-state index contributed by atoms with van der Waals surface area (Å²) in [6, 6.07) is 20.6. The molecule has 2 aliphatic heterocycles. The van der Waals surface area contributed by atoms with Crippen molar-refractivity contribution in [1.29, 1.82) is 0 Å². The molecule has 0 saturated carbocycles. The smallest absolute Gasteiger partial charge is 0.321 e. The van der Waals surface area contributed by atoms with Crippen molar-refractivity contribution in [3.8, 4) is 5.75 Å². The van der Waals surface area contributed by atoms with E-state index in [1.807, 2.05) is 54.6 Å². The number of pyridine rings is 1. The van der Waals surface area contributed by atoms with Crippen LogP contribution in [0.2, 0.25) is 0 Å². The van der Waals surface area contributed by atoms with Crippen molar-refractivity contribution in [2.45, 2.75) is 19.5 Å². The minimum atomic E-state index is -0.147.